The summed E-state index contributed by atoms with van der Waals surface area (Å²) in [6.07, 6.45) is 1.69. The summed E-state index contributed by atoms with van der Waals surface area (Å²) in [5.41, 5.74) is 1.82. The molecule has 0 aliphatic carbocycles. The van der Waals surface area contributed by atoms with Gasteiger partial charge in [0.05, 0.1) is 27.0 Å². The predicted octanol–water partition coefficient (Wildman–Crippen LogP) is 5.05. The van der Waals surface area contributed by atoms with Gasteiger partial charge in [-0.2, -0.15) is 0 Å². The molecule has 2 atom stereocenters. The number of anilines is 1. The number of nitrogens with one attached hydrogen (secondary N) is 1. The van der Waals surface area contributed by atoms with Gasteiger partial charge in [0, 0.05) is 12.6 Å². The molecular weight excluding hydrogens is 533 g/mol. The molecule has 11 heteroatoms. The zero-order valence-corrected chi connectivity index (χ0v) is 23.4. The van der Waals surface area contributed by atoms with Crippen molar-refractivity contribution in [2.75, 3.05) is 17.1 Å². The van der Waals surface area contributed by atoms with Crippen LogP contribution in [0.4, 0.5) is 5.69 Å². The van der Waals surface area contributed by atoms with Crippen LogP contribution < -0.4 is 9.62 Å². The highest BCUT2D eigenvalue weighted by Crippen LogP contribution is 2.35. The summed E-state index contributed by atoms with van der Waals surface area (Å²) in [5.74, 6) is -0.912. The van der Waals surface area contributed by atoms with Crippen molar-refractivity contribution in [1.82, 2.24) is 10.2 Å². The van der Waals surface area contributed by atoms with E-state index in [1.54, 1.807) is 6.92 Å². The van der Waals surface area contributed by atoms with Crippen molar-refractivity contribution in [2.45, 2.75) is 52.7 Å². The lowest BCUT2D eigenvalue weighted by atomic mass is 10.1. The molecule has 0 saturated heterocycles. The van der Waals surface area contributed by atoms with Crippen LogP contribution in [0.15, 0.2) is 36.4 Å². The summed E-state index contributed by atoms with van der Waals surface area (Å²) in [6, 6.07) is 9.20. The van der Waals surface area contributed by atoms with E-state index in [4.69, 9.17) is 34.8 Å². The van der Waals surface area contributed by atoms with E-state index < -0.39 is 28.5 Å². The number of sulfonamides is 1. The first-order valence-electron chi connectivity index (χ1n) is 11.0. The maximum Gasteiger partial charge on any atom is 0.244 e. The second kappa shape index (κ2) is 12.3. The molecule has 192 valence electrons. The quantitative estimate of drug-likeness (QED) is 0.411. The Labute approximate surface area is 222 Å². The van der Waals surface area contributed by atoms with Gasteiger partial charge < -0.3 is 10.2 Å². The normalized spacial score (nSPS) is 13.1. The first-order chi connectivity index (χ1) is 16.2. The van der Waals surface area contributed by atoms with Crippen LogP contribution in [-0.2, 0) is 26.2 Å². The highest BCUT2D eigenvalue weighted by atomic mass is 35.5. The topological polar surface area (TPSA) is 86.8 Å². The van der Waals surface area contributed by atoms with Crippen LogP contribution in [0.5, 0.6) is 0 Å². The van der Waals surface area contributed by atoms with E-state index >= 15 is 0 Å². The first-order valence-corrected chi connectivity index (χ1v) is 14.0. The van der Waals surface area contributed by atoms with Crippen molar-refractivity contribution in [2.24, 2.45) is 0 Å². The molecule has 2 aromatic rings. The molecular formula is C24H30Cl3N3O4S. The van der Waals surface area contributed by atoms with Crippen molar-refractivity contribution < 1.29 is 18.0 Å². The summed E-state index contributed by atoms with van der Waals surface area (Å²) in [7, 11) is -3.95. The van der Waals surface area contributed by atoms with Gasteiger partial charge in [0.1, 0.15) is 12.6 Å². The van der Waals surface area contributed by atoms with E-state index in [2.05, 4.69) is 5.32 Å². The minimum atomic E-state index is -3.95. The van der Waals surface area contributed by atoms with Crippen molar-refractivity contribution in [3.05, 3.63) is 62.6 Å². The SMILES string of the molecule is CC[C@@H](C)NC(=O)[C@@H](C)N(Cc1cccc(C)c1)C(=O)CN(c1cc(Cl)c(Cl)cc1Cl)S(C)(=O)=O. The number of amides is 2. The van der Waals surface area contributed by atoms with Crippen LogP contribution in [0.3, 0.4) is 0 Å². The summed E-state index contributed by atoms with van der Waals surface area (Å²) in [5, 5.41) is 3.14. The van der Waals surface area contributed by atoms with Gasteiger partial charge in [-0.1, -0.05) is 71.6 Å². The number of carbonyl (C=O) groups excluding carboxylic acids is 2. The number of benzene rings is 2. The Morgan fingerprint density at radius 2 is 1.66 bits per heavy atom. The third-order valence-corrected chi connectivity index (χ3v) is 7.69. The summed E-state index contributed by atoms with van der Waals surface area (Å²) in [4.78, 5) is 27.8. The second-order valence-electron chi connectivity index (χ2n) is 8.49. The molecule has 7 nitrogen and oxygen atoms in total. The Morgan fingerprint density at radius 3 is 2.23 bits per heavy atom. The van der Waals surface area contributed by atoms with E-state index in [0.717, 1.165) is 28.1 Å². The largest absolute Gasteiger partial charge is 0.352 e. The van der Waals surface area contributed by atoms with Gasteiger partial charge in [0.15, 0.2) is 0 Å². The number of nitrogens with zero attached hydrogens (tertiary/aromatic N) is 2. The van der Waals surface area contributed by atoms with Gasteiger partial charge in [-0.3, -0.25) is 13.9 Å². The number of aryl methyl sites for hydroxylation is 1. The van der Waals surface area contributed by atoms with Gasteiger partial charge in [-0.05, 0) is 44.9 Å². The van der Waals surface area contributed by atoms with Gasteiger partial charge in [0.2, 0.25) is 21.8 Å². The summed E-state index contributed by atoms with van der Waals surface area (Å²) < 4.78 is 26.2. The number of halogens is 3. The van der Waals surface area contributed by atoms with Gasteiger partial charge in [0.25, 0.3) is 0 Å². The Hall–Kier alpha value is -2.00. The van der Waals surface area contributed by atoms with Crippen molar-refractivity contribution in [3.63, 3.8) is 0 Å². The molecule has 2 rings (SSSR count). The molecule has 0 heterocycles. The number of hydrogen-bond donors (Lipinski definition) is 1. The molecule has 2 aromatic carbocycles. The average Bonchev–Trinajstić information content (AvgIpc) is 2.77. The predicted molar refractivity (Wildman–Crippen MR) is 143 cm³/mol. The van der Waals surface area contributed by atoms with Crippen molar-refractivity contribution in [3.8, 4) is 0 Å². The molecule has 0 saturated carbocycles. The lowest BCUT2D eigenvalue weighted by molar-refractivity contribution is -0.139. The molecule has 0 unspecified atom stereocenters. The van der Waals surface area contributed by atoms with Crippen LogP contribution in [0.1, 0.15) is 38.3 Å². The number of hydrogen-bond acceptors (Lipinski definition) is 4. The number of carbonyl (C=O) groups is 2. The zero-order valence-electron chi connectivity index (χ0n) is 20.3. The van der Waals surface area contributed by atoms with Crippen LogP contribution in [-0.4, -0.2) is 50.0 Å². The third kappa shape index (κ3) is 8.00. The average molecular weight is 563 g/mol. The fourth-order valence-electron chi connectivity index (χ4n) is 3.35. The van der Waals surface area contributed by atoms with E-state index in [0.29, 0.717) is 0 Å². The molecule has 0 aliphatic heterocycles. The fraction of sp³-hybridized carbons (Fsp3) is 0.417. The molecule has 35 heavy (non-hydrogen) atoms. The smallest absolute Gasteiger partial charge is 0.244 e. The maximum atomic E-state index is 13.6. The van der Waals surface area contributed by atoms with Crippen LogP contribution >= 0.6 is 34.8 Å². The lowest BCUT2D eigenvalue weighted by Crippen LogP contribution is -2.52. The molecule has 0 bridgehead atoms. The van der Waals surface area contributed by atoms with Crippen LogP contribution in [0, 0.1) is 6.92 Å². The van der Waals surface area contributed by atoms with Gasteiger partial charge in [-0.25, -0.2) is 8.42 Å². The Kier molecular flexibility index (Phi) is 10.3. The molecule has 0 aliphatic rings. The highest BCUT2D eigenvalue weighted by molar-refractivity contribution is 7.92. The van der Waals surface area contributed by atoms with E-state index in [9.17, 15) is 18.0 Å². The van der Waals surface area contributed by atoms with Gasteiger partial charge >= 0.3 is 0 Å². The van der Waals surface area contributed by atoms with E-state index in [-0.39, 0.29) is 39.2 Å². The standard InChI is InChI=1S/C24H30Cl3N3O4S/c1-6-16(3)28-24(32)17(4)29(13-18-9-7-8-15(2)10-18)23(31)14-30(35(5,33)34)22-12-20(26)19(25)11-21(22)27/h7-12,16-17H,6,13-14H2,1-5H3,(H,28,32)/t16-,17-/m1/s1. The summed E-state index contributed by atoms with van der Waals surface area (Å²) in [6.45, 7) is 6.88. The molecule has 2 amide bonds. The van der Waals surface area contributed by atoms with E-state index in [1.165, 1.54) is 17.0 Å². The van der Waals surface area contributed by atoms with Crippen molar-refractivity contribution >= 4 is 62.3 Å². The van der Waals surface area contributed by atoms with Crippen molar-refractivity contribution in [1.29, 1.82) is 0 Å². The zero-order chi connectivity index (χ0) is 26.5. The highest BCUT2D eigenvalue weighted by Gasteiger charge is 2.31. The second-order valence-corrected chi connectivity index (χ2v) is 11.6. The molecule has 1 N–H and O–H groups in total. The Balaban J connectivity index is 2.46. The molecule has 0 fully saturated rings. The third-order valence-electron chi connectivity index (χ3n) is 5.54. The maximum absolute atomic E-state index is 13.6. The van der Waals surface area contributed by atoms with Gasteiger partial charge in [-0.15, -0.1) is 0 Å². The number of rotatable bonds is 10. The molecule has 0 aromatic heterocycles. The molecule has 0 spiro atoms. The molecule has 0 radical (unpaired) electrons. The minimum absolute atomic E-state index is 0.0177. The monoisotopic (exact) mass is 561 g/mol. The lowest BCUT2D eigenvalue weighted by Gasteiger charge is -2.32. The van der Waals surface area contributed by atoms with Crippen LogP contribution in [0.2, 0.25) is 15.1 Å². The Morgan fingerprint density at radius 1 is 1.03 bits per heavy atom. The van der Waals surface area contributed by atoms with Crippen LogP contribution in [0.25, 0.3) is 0 Å². The summed E-state index contributed by atoms with van der Waals surface area (Å²) >= 11 is 18.3. The fourth-order valence-corrected chi connectivity index (χ4v) is 4.90. The first kappa shape index (κ1) is 29.2. The Bertz CT molecular complexity index is 1190. The van der Waals surface area contributed by atoms with E-state index in [1.807, 2.05) is 45.0 Å². The minimum Gasteiger partial charge on any atom is -0.352 e.